The molecule has 0 bridgehead atoms. The average molecular weight is 527 g/mol. The first-order valence-electron chi connectivity index (χ1n) is 11.8. The number of likely N-dealkylation sites (tertiary alicyclic amines) is 1. The van der Waals surface area contributed by atoms with Crippen molar-refractivity contribution in [2.24, 2.45) is 5.41 Å². The van der Waals surface area contributed by atoms with Gasteiger partial charge in [0.25, 0.3) is 0 Å². The fourth-order valence-electron chi connectivity index (χ4n) is 4.74. The summed E-state index contributed by atoms with van der Waals surface area (Å²) in [5.74, 6) is -1.30. The summed E-state index contributed by atoms with van der Waals surface area (Å²) in [5.41, 5.74) is -0.568. The van der Waals surface area contributed by atoms with Gasteiger partial charge in [0.15, 0.2) is 0 Å². The second-order valence-corrected chi connectivity index (χ2v) is 11.7. The smallest absolute Gasteiger partial charge is 0.245 e. The first-order chi connectivity index (χ1) is 16.7. The predicted molar refractivity (Wildman–Crippen MR) is 129 cm³/mol. The summed E-state index contributed by atoms with van der Waals surface area (Å²) in [6.07, 6.45) is 4.08. The standard InChI is InChI=1S/C25H29ClF2N2O4S/c26-19-4-7-21(8-5-19)34-18-25(17-24(31)29-12-2-1-3-13-29)10-14-30(15-11-25)35(32,33)23-9-6-20(27)16-22(23)28/h4-9,16H,1-3,10-15,17-18H2. The van der Waals surface area contributed by atoms with E-state index in [1.807, 2.05) is 4.90 Å². The van der Waals surface area contributed by atoms with E-state index in [0.717, 1.165) is 44.5 Å². The van der Waals surface area contributed by atoms with Crippen LogP contribution in [0, 0.1) is 17.0 Å². The molecule has 2 fully saturated rings. The van der Waals surface area contributed by atoms with E-state index in [2.05, 4.69) is 0 Å². The number of amides is 1. The van der Waals surface area contributed by atoms with Crippen molar-refractivity contribution >= 4 is 27.5 Å². The highest BCUT2D eigenvalue weighted by molar-refractivity contribution is 7.89. The third kappa shape index (κ3) is 6.13. The Morgan fingerprint density at radius 2 is 1.63 bits per heavy atom. The molecular weight excluding hydrogens is 498 g/mol. The van der Waals surface area contributed by atoms with Gasteiger partial charge in [-0.15, -0.1) is 0 Å². The molecule has 0 radical (unpaired) electrons. The number of hydrogen-bond donors (Lipinski definition) is 0. The number of ether oxygens (including phenoxy) is 1. The first kappa shape index (κ1) is 25.9. The Hall–Kier alpha value is -2.23. The molecule has 2 heterocycles. The maximum absolute atomic E-state index is 14.2. The van der Waals surface area contributed by atoms with Crippen LogP contribution in [0.4, 0.5) is 8.78 Å². The Morgan fingerprint density at radius 3 is 2.26 bits per heavy atom. The van der Waals surface area contributed by atoms with Gasteiger partial charge in [-0.05, 0) is 68.5 Å². The Balaban J connectivity index is 1.50. The molecule has 1 amide bonds. The summed E-state index contributed by atoms with van der Waals surface area (Å²) < 4.78 is 60.9. The first-order valence-corrected chi connectivity index (χ1v) is 13.6. The van der Waals surface area contributed by atoms with Crippen LogP contribution in [0.15, 0.2) is 47.4 Å². The molecular formula is C25H29ClF2N2O4S. The van der Waals surface area contributed by atoms with Crippen LogP contribution in [0.2, 0.25) is 5.02 Å². The zero-order valence-electron chi connectivity index (χ0n) is 19.4. The highest BCUT2D eigenvalue weighted by atomic mass is 35.5. The van der Waals surface area contributed by atoms with E-state index in [1.165, 1.54) is 4.31 Å². The Labute approximate surface area is 209 Å². The summed E-state index contributed by atoms with van der Waals surface area (Å²) >= 11 is 5.96. The van der Waals surface area contributed by atoms with Crippen LogP contribution in [0.1, 0.15) is 38.5 Å². The number of carbonyl (C=O) groups is 1. The van der Waals surface area contributed by atoms with Gasteiger partial charge in [-0.2, -0.15) is 4.31 Å². The Bertz CT molecular complexity index is 1150. The number of benzene rings is 2. The van der Waals surface area contributed by atoms with Crippen molar-refractivity contribution in [3.05, 3.63) is 59.1 Å². The molecule has 0 saturated carbocycles. The molecule has 0 aromatic heterocycles. The number of rotatable bonds is 7. The van der Waals surface area contributed by atoms with Crippen LogP contribution in [0.5, 0.6) is 5.75 Å². The summed E-state index contributed by atoms with van der Waals surface area (Å²) in [7, 11) is -4.14. The Kier molecular flexibility index (Phi) is 7.98. The van der Waals surface area contributed by atoms with E-state index < -0.39 is 32.0 Å². The topological polar surface area (TPSA) is 66.9 Å². The van der Waals surface area contributed by atoms with Gasteiger partial charge in [-0.25, -0.2) is 17.2 Å². The van der Waals surface area contributed by atoms with Crippen LogP contribution in [-0.4, -0.2) is 56.3 Å². The van der Waals surface area contributed by atoms with E-state index in [1.54, 1.807) is 24.3 Å². The van der Waals surface area contributed by atoms with Gasteiger partial charge in [0, 0.05) is 49.1 Å². The largest absolute Gasteiger partial charge is 0.493 e. The van der Waals surface area contributed by atoms with Gasteiger partial charge in [-0.3, -0.25) is 4.79 Å². The number of piperidine rings is 2. The molecule has 0 atom stereocenters. The van der Waals surface area contributed by atoms with Crippen LogP contribution < -0.4 is 4.74 Å². The number of sulfonamides is 1. The summed E-state index contributed by atoms with van der Waals surface area (Å²) in [6, 6.07) is 9.38. The molecule has 0 unspecified atom stereocenters. The van der Waals surface area contributed by atoms with Crippen LogP contribution in [0.3, 0.4) is 0 Å². The lowest BCUT2D eigenvalue weighted by Crippen LogP contribution is -2.48. The molecule has 2 aliphatic rings. The minimum absolute atomic E-state index is 0.0466. The zero-order valence-corrected chi connectivity index (χ0v) is 21.0. The van der Waals surface area contributed by atoms with Crippen molar-refractivity contribution in [1.82, 2.24) is 9.21 Å². The molecule has 0 N–H and O–H groups in total. The molecule has 10 heteroatoms. The fraction of sp³-hybridized carbons (Fsp3) is 0.480. The number of halogens is 3. The molecule has 2 aromatic carbocycles. The summed E-state index contributed by atoms with van der Waals surface area (Å²) in [4.78, 5) is 14.5. The maximum Gasteiger partial charge on any atom is 0.245 e. The van der Waals surface area contributed by atoms with Gasteiger partial charge >= 0.3 is 0 Å². The molecule has 0 aliphatic carbocycles. The molecule has 2 aromatic rings. The third-order valence-corrected chi connectivity index (χ3v) is 9.07. The van der Waals surface area contributed by atoms with Crippen molar-refractivity contribution in [3.8, 4) is 5.75 Å². The molecule has 4 rings (SSSR count). The van der Waals surface area contributed by atoms with Crippen molar-refractivity contribution in [1.29, 1.82) is 0 Å². The van der Waals surface area contributed by atoms with Crippen molar-refractivity contribution < 1.29 is 26.7 Å². The lowest BCUT2D eigenvalue weighted by Gasteiger charge is -2.42. The quantitative estimate of drug-likeness (QED) is 0.516. The van der Waals surface area contributed by atoms with E-state index in [4.69, 9.17) is 16.3 Å². The van der Waals surface area contributed by atoms with Crippen molar-refractivity contribution in [3.63, 3.8) is 0 Å². The minimum Gasteiger partial charge on any atom is -0.493 e. The van der Waals surface area contributed by atoms with E-state index >= 15 is 0 Å². The van der Waals surface area contributed by atoms with E-state index in [-0.39, 0.29) is 32.0 Å². The van der Waals surface area contributed by atoms with Gasteiger partial charge in [0.05, 0.1) is 6.61 Å². The maximum atomic E-state index is 14.2. The number of carbonyl (C=O) groups excluding carboxylic acids is 1. The molecule has 0 spiro atoms. The summed E-state index contributed by atoms with van der Waals surface area (Å²) in [6.45, 7) is 1.93. The van der Waals surface area contributed by atoms with Gasteiger partial charge in [0.1, 0.15) is 22.3 Å². The second kappa shape index (κ2) is 10.8. The highest BCUT2D eigenvalue weighted by Crippen LogP contribution is 2.39. The molecule has 6 nitrogen and oxygen atoms in total. The normalized spacial score (nSPS) is 18.9. The highest BCUT2D eigenvalue weighted by Gasteiger charge is 2.42. The zero-order chi connectivity index (χ0) is 25.1. The van der Waals surface area contributed by atoms with Crippen molar-refractivity contribution in [2.75, 3.05) is 32.8 Å². The van der Waals surface area contributed by atoms with Crippen LogP contribution in [-0.2, 0) is 14.8 Å². The molecule has 2 aliphatic heterocycles. The van der Waals surface area contributed by atoms with Crippen molar-refractivity contribution in [2.45, 2.75) is 43.4 Å². The second-order valence-electron chi connectivity index (χ2n) is 9.34. The molecule has 2 saturated heterocycles. The van der Waals surface area contributed by atoms with E-state index in [9.17, 15) is 22.0 Å². The number of hydrogen-bond acceptors (Lipinski definition) is 4. The lowest BCUT2D eigenvalue weighted by molar-refractivity contribution is -0.136. The fourth-order valence-corrected chi connectivity index (χ4v) is 6.35. The predicted octanol–water partition coefficient (Wildman–Crippen LogP) is 4.87. The van der Waals surface area contributed by atoms with Crippen LogP contribution >= 0.6 is 11.6 Å². The van der Waals surface area contributed by atoms with Gasteiger partial charge in [0.2, 0.25) is 15.9 Å². The lowest BCUT2D eigenvalue weighted by atomic mass is 9.76. The third-order valence-electron chi connectivity index (χ3n) is 6.89. The number of nitrogens with zero attached hydrogens (tertiary/aromatic N) is 2. The average Bonchev–Trinajstić information content (AvgIpc) is 2.84. The Morgan fingerprint density at radius 1 is 0.971 bits per heavy atom. The van der Waals surface area contributed by atoms with Crippen LogP contribution in [0.25, 0.3) is 0 Å². The molecule has 35 heavy (non-hydrogen) atoms. The summed E-state index contributed by atoms with van der Waals surface area (Å²) in [5, 5.41) is 0.582. The molecule has 190 valence electrons. The van der Waals surface area contributed by atoms with Gasteiger partial charge < -0.3 is 9.64 Å². The van der Waals surface area contributed by atoms with E-state index in [0.29, 0.717) is 29.7 Å². The SMILES string of the molecule is O=C(CC1(COc2ccc(Cl)cc2)CCN(S(=O)(=O)c2ccc(F)cc2F)CC1)N1CCCCC1. The minimum atomic E-state index is -4.14. The van der Waals surface area contributed by atoms with Gasteiger partial charge in [-0.1, -0.05) is 11.6 Å². The monoisotopic (exact) mass is 526 g/mol.